The third kappa shape index (κ3) is 3.62. The molecule has 5 heteroatoms. The highest BCUT2D eigenvalue weighted by Crippen LogP contribution is 2.32. The van der Waals surface area contributed by atoms with Gasteiger partial charge in [0, 0.05) is 9.50 Å². The Hall–Kier alpha value is -0.970. The average Bonchev–Trinajstić information content (AvgIpc) is 2.44. The fourth-order valence-corrected chi connectivity index (χ4v) is 2.82. The first kappa shape index (κ1) is 16.4. The lowest BCUT2D eigenvalue weighted by Gasteiger charge is -2.21. The van der Waals surface area contributed by atoms with Crippen molar-refractivity contribution in [3.05, 3.63) is 68.2 Å². The van der Waals surface area contributed by atoms with Crippen LogP contribution < -0.4 is 5.32 Å². The number of rotatable bonds is 4. The Balaban J connectivity index is 2.52. The first-order valence-electron chi connectivity index (χ1n) is 6.58. The number of halogens is 4. The smallest absolute Gasteiger partial charge is 0.160 e. The second-order valence-corrected chi connectivity index (χ2v) is 6.05. The predicted molar refractivity (Wildman–Crippen MR) is 85.8 cm³/mol. The molecular weight excluding hydrogens is 360 g/mol. The van der Waals surface area contributed by atoms with Gasteiger partial charge in [0.1, 0.15) is 0 Å². The normalized spacial score (nSPS) is 12.5. The van der Waals surface area contributed by atoms with Crippen LogP contribution in [0.15, 0.2) is 34.8 Å². The number of hydrogen-bond acceptors (Lipinski definition) is 1. The molecule has 2 aromatic rings. The fourth-order valence-electron chi connectivity index (χ4n) is 2.16. The zero-order valence-corrected chi connectivity index (χ0v) is 14.0. The van der Waals surface area contributed by atoms with E-state index in [1.165, 1.54) is 0 Å². The van der Waals surface area contributed by atoms with Gasteiger partial charge in [0.05, 0.1) is 6.04 Å². The van der Waals surface area contributed by atoms with Gasteiger partial charge in [-0.2, -0.15) is 0 Å². The summed E-state index contributed by atoms with van der Waals surface area (Å²) in [5, 5.41) is 3.46. The average molecular weight is 375 g/mol. The highest BCUT2D eigenvalue weighted by Gasteiger charge is 2.19. The molecule has 21 heavy (non-hydrogen) atoms. The molecule has 0 fully saturated rings. The summed E-state index contributed by atoms with van der Waals surface area (Å²) in [4.78, 5) is 0. The van der Waals surface area contributed by atoms with E-state index < -0.39 is 11.6 Å². The highest BCUT2D eigenvalue weighted by molar-refractivity contribution is 9.10. The van der Waals surface area contributed by atoms with Crippen LogP contribution in [0.25, 0.3) is 0 Å². The fraction of sp³-hybridized carbons (Fsp3) is 0.250. The SMILES string of the molecule is CCNC(c1ccc(C)c(Br)c1)c1cc(F)c(F)cc1Cl. The van der Waals surface area contributed by atoms with Crippen molar-refractivity contribution in [3.63, 3.8) is 0 Å². The maximum atomic E-state index is 13.5. The summed E-state index contributed by atoms with van der Waals surface area (Å²) < 4.78 is 27.7. The van der Waals surface area contributed by atoms with Gasteiger partial charge in [0.15, 0.2) is 11.6 Å². The monoisotopic (exact) mass is 373 g/mol. The van der Waals surface area contributed by atoms with Crippen molar-refractivity contribution in [1.82, 2.24) is 5.32 Å². The van der Waals surface area contributed by atoms with Crippen LogP contribution in [0.5, 0.6) is 0 Å². The Morgan fingerprint density at radius 3 is 2.48 bits per heavy atom. The molecule has 0 aliphatic rings. The third-order valence-corrected chi connectivity index (χ3v) is 4.47. The standard InChI is InChI=1S/C16H15BrClF2N/c1-3-21-16(10-5-4-9(2)12(17)6-10)11-7-14(19)15(20)8-13(11)18/h4-8,16,21H,3H2,1-2H3. The van der Waals surface area contributed by atoms with Crippen LogP contribution in [0.4, 0.5) is 8.78 Å². The van der Waals surface area contributed by atoms with E-state index in [-0.39, 0.29) is 11.1 Å². The van der Waals surface area contributed by atoms with E-state index in [0.29, 0.717) is 12.1 Å². The van der Waals surface area contributed by atoms with Crippen LogP contribution in [0.1, 0.15) is 29.7 Å². The van der Waals surface area contributed by atoms with E-state index >= 15 is 0 Å². The van der Waals surface area contributed by atoms with Gasteiger partial charge in [-0.3, -0.25) is 0 Å². The number of nitrogens with one attached hydrogen (secondary N) is 1. The second kappa shape index (κ2) is 6.86. The van der Waals surface area contributed by atoms with Crippen LogP contribution >= 0.6 is 27.5 Å². The van der Waals surface area contributed by atoms with Gasteiger partial charge in [-0.05, 0) is 48.4 Å². The minimum absolute atomic E-state index is 0.205. The molecule has 0 saturated carbocycles. The van der Waals surface area contributed by atoms with Crippen LogP contribution in [-0.2, 0) is 0 Å². The van der Waals surface area contributed by atoms with Crippen LogP contribution in [0.3, 0.4) is 0 Å². The summed E-state index contributed by atoms with van der Waals surface area (Å²) in [7, 11) is 0. The minimum atomic E-state index is -0.941. The molecule has 1 N–H and O–H groups in total. The summed E-state index contributed by atoms with van der Waals surface area (Å²) >= 11 is 9.58. The largest absolute Gasteiger partial charge is 0.306 e. The molecule has 0 aromatic heterocycles. The lowest BCUT2D eigenvalue weighted by molar-refractivity contribution is 0.504. The Morgan fingerprint density at radius 2 is 1.86 bits per heavy atom. The van der Waals surface area contributed by atoms with Crippen molar-refractivity contribution in [2.24, 2.45) is 0 Å². The van der Waals surface area contributed by atoms with Crippen molar-refractivity contribution >= 4 is 27.5 Å². The van der Waals surface area contributed by atoms with E-state index in [2.05, 4.69) is 21.2 Å². The Bertz CT molecular complexity index is 661. The molecule has 2 aromatic carbocycles. The van der Waals surface area contributed by atoms with Gasteiger partial charge in [-0.15, -0.1) is 0 Å². The minimum Gasteiger partial charge on any atom is -0.306 e. The topological polar surface area (TPSA) is 12.0 Å². The first-order valence-corrected chi connectivity index (χ1v) is 7.75. The van der Waals surface area contributed by atoms with Crippen molar-refractivity contribution in [1.29, 1.82) is 0 Å². The molecule has 0 amide bonds. The summed E-state index contributed by atoms with van der Waals surface area (Å²) in [5.41, 5.74) is 2.56. The number of benzene rings is 2. The number of aryl methyl sites for hydroxylation is 1. The molecule has 1 atom stereocenters. The van der Waals surface area contributed by atoms with Gasteiger partial charge >= 0.3 is 0 Å². The van der Waals surface area contributed by atoms with Gasteiger partial charge in [-0.25, -0.2) is 8.78 Å². The zero-order chi connectivity index (χ0) is 15.6. The molecule has 0 aliphatic heterocycles. The summed E-state index contributed by atoms with van der Waals surface area (Å²) in [6.07, 6.45) is 0. The Labute approximate surface area is 136 Å². The van der Waals surface area contributed by atoms with E-state index in [1.807, 2.05) is 32.0 Å². The molecule has 0 bridgehead atoms. The molecule has 1 unspecified atom stereocenters. The van der Waals surface area contributed by atoms with Gasteiger partial charge in [0.2, 0.25) is 0 Å². The van der Waals surface area contributed by atoms with E-state index in [9.17, 15) is 8.78 Å². The second-order valence-electron chi connectivity index (χ2n) is 4.79. The lowest BCUT2D eigenvalue weighted by atomic mass is 9.97. The molecule has 2 rings (SSSR count). The van der Waals surface area contributed by atoms with Gasteiger partial charge < -0.3 is 5.32 Å². The number of hydrogen-bond donors (Lipinski definition) is 1. The van der Waals surface area contributed by atoms with Crippen molar-refractivity contribution in [2.75, 3.05) is 6.54 Å². The molecule has 112 valence electrons. The Kier molecular flexibility index (Phi) is 5.36. The van der Waals surface area contributed by atoms with Gasteiger partial charge in [0.25, 0.3) is 0 Å². The van der Waals surface area contributed by atoms with Crippen LogP contribution in [0.2, 0.25) is 5.02 Å². The van der Waals surface area contributed by atoms with E-state index in [0.717, 1.165) is 27.7 Å². The maximum Gasteiger partial charge on any atom is 0.160 e. The van der Waals surface area contributed by atoms with Gasteiger partial charge in [-0.1, -0.05) is 46.6 Å². The van der Waals surface area contributed by atoms with Crippen molar-refractivity contribution in [2.45, 2.75) is 19.9 Å². The quantitative estimate of drug-likeness (QED) is 0.708. The molecule has 0 spiro atoms. The molecular formula is C16H15BrClF2N. The molecule has 1 nitrogen and oxygen atoms in total. The molecule has 0 heterocycles. The van der Waals surface area contributed by atoms with Crippen LogP contribution in [-0.4, -0.2) is 6.54 Å². The third-order valence-electron chi connectivity index (χ3n) is 3.29. The summed E-state index contributed by atoms with van der Waals surface area (Å²) in [6, 6.07) is 7.75. The van der Waals surface area contributed by atoms with Crippen LogP contribution in [0, 0.1) is 18.6 Å². The van der Waals surface area contributed by atoms with E-state index in [1.54, 1.807) is 0 Å². The molecule has 0 saturated heterocycles. The maximum absolute atomic E-state index is 13.5. The highest BCUT2D eigenvalue weighted by atomic mass is 79.9. The first-order chi connectivity index (χ1) is 9.93. The van der Waals surface area contributed by atoms with Crippen molar-refractivity contribution < 1.29 is 8.78 Å². The molecule has 0 aliphatic carbocycles. The lowest BCUT2D eigenvalue weighted by Crippen LogP contribution is -2.22. The van der Waals surface area contributed by atoms with E-state index in [4.69, 9.17) is 11.6 Å². The predicted octanol–water partition coefficient (Wildman–Crippen LogP) is 5.39. The Morgan fingerprint density at radius 1 is 1.19 bits per heavy atom. The summed E-state index contributed by atoms with van der Waals surface area (Å²) in [6.45, 7) is 4.61. The zero-order valence-electron chi connectivity index (χ0n) is 11.7. The molecule has 0 radical (unpaired) electrons. The summed E-state index contributed by atoms with van der Waals surface area (Å²) in [5.74, 6) is -1.84. The van der Waals surface area contributed by atoms with Crippen molar-refractivity contribution in [3.8, 4) is 0 Å².